The zero-order valence-corrected chi connectivity index (χ0v) is 18.6. The van der Waals surface area contributed by atoms with Crippen LogP contribution < -0.4 is 9.47 Å². The Bertz CT molecular complexity index is 1130. The summed E-state index contributed by atoms with van der Waals surface area (Å²) in [4.78, 5) is 4.82. The second-order valence-corrected chi connectivity index (χ2v) is 8.15. The number of aromatic nitrogens is 2. The van der Waals surface area contributed by atoms with E-state index in [1.807, 2.05) is 18.2 Å². The molecule has 1 aromatic heterocycles. The lowest BCUT2D eigenvalue weighted by Gasteiger charge is -2.12. The first-order chi connectivity index (χ1) is 15.1. The minimum absolute atomic E-state index is 0.455. The fraction of sp³-hybridized carbons (Fsp3) is 0.296. The minimum atomic E-state index is 0.455. The Balaban J connectivity index is 1.37. The number of fused-ring (bicyclic) bond motifs is 1. The third kappa shape index (κ3) is 5.46. The standard InChI is InChI=1S/C27H30N2O2/c1-20-10-12-23(13-11-20)31-19-27-28-25-8-4-5-9-26(25)29(27)14-6-7-15-30-24-17-21(2)16-22(3)18-24/h4-5,8-13,16-18H,6-7,14-15,19H2,1-3H3. The summed E-state index contributed by atoms with van der Waals surface area (Å²) >= 11 is 0. The van der Waals surface area contributed by atoms with Gasteiger partial charge in [0.25, 0.3) is 0 Å². The summed E-state index contributed by atoms with van der Waals surface area (Å²) in [6, 6.07) is 22.8. The topological polar surface area (TPSA) is 36.3 Å². The number of hydrogen-bond donors (Lipinski definition) is 0. The van der Waals surface area contributed by atoms with Crippen LogP contribution in [0.25, 0.3) is 11.0 Å². The van der Waals surface area contributed by atoms with Crippen LogP contribution in [-0.4, -0.2) is 16.2 Å². The molecule has 0 unspecified atom stereocenters. The number of nitrogens with zero attached hydrogens (tertiary/aromatic N) is 2. The summed E-state index contributed by atoms with van der Waals surface area (Å²) in [6.45, 7) is 8.34. The lowest BCUT2D eigenvalue weighted by molar-refractivity contribution is 0.285. The molecule has 0 bridgehead atoms. The van der Waals surface area contributed by atoms with E-state index in [1.165, 1.54) is 16.7 Å². The summed E-state index contributed by atoms with van der Waals surface area (Å²) in [5, 5.41) is 0. The molecular formula is C27H30N2O2. The number of rotatable bonds is 9. The SMILES string of the molecule is Cc1ccc(OCc2nc3ccccc3n2CCCCOc2cc(C)cc(C)c2)cc1. The van der Waals surface area contributed by atoms with Gasteiger partial charge in [-0.3, -0.25) is 0 Å². The van der Waals surface area contributed by atoms with Gasteiger partial charge in [0.15, 0.2) is 0 Å². The maximum atomic E-state index is 6.02. The van der Waals surface area contributed by atoms with Crippen LogP contribution in [0.4, 0.5) is 0 Å². The number of aryl methyl sites for hydroxylation is 4. The van der Waals surface area contributed by atoms with Crippen LogP contribution in [0.2, 0.25) is 0 Å². The number of hydrogen-bond acceptors (Lipinski definition) is 3. The van der Waals surface area contributed by atoms with Crippen molar-refractivity contribution in [3.8, 4) is 11.5 Å². The highest BCUT2D eigenvalue weighted by Crippen LogP contribution is 2.20. The van der Waals surface area contributed by atoms with Crippen LogP contribution >= 0.6 is 0 Å². The van der Waals surface area contributed by atoms with Crippen molar-refractivity contribution < 1.29 is 9.47 Å². The molecule has 0 spiro atoms. The number of ether oxygens (including phenoxy) is 2. The van der Waals surface area contributed by atoms with Crippen molar-refractivity contribution in [2.45, 2.75) is 46.8 Å². The van der Waals surface area contributed by atoms with Crippen LogP contribution in [0, 0.1) is 20.8 Å². The van der Waals surface area contributed by atoms with Crippen molar-refractivity contribution in [2.75, 3.05) is 6.61 Å². The molecule has 0 aliphatic rings. The number of benzene rings is 3. The van der Waals surface area contributed by atoms with E-state index in [-0.39, 0.29) is 0 Å². The maximum Gasteiger partial charge on any atom is 0.147 e. The molecule has 0 fully saturated rings. The maximum absolute atomic E-state index is 6.02. The van der Waals surface area contributed by atoms with Crippen LogP contribution in [0.15, 0.2) is 66.7 Å². The molecule has 0 aliphatic heterocycles. The van der Waals surface area contributed by atoms with Gasteiger partial charge in [0, 0.05) is 6.54 Å². The van der Waals surface area contributed by atoms with Gasteiger partial charge in [0.05, 0.1) is 17.6 Å². The van der Waals surface area contributed by atoms with Crippen molar-refractivity contribution in [3.63, 3.8) is 0 Å². The van der Waals surface area contributed by atoms with Crippen molar-refractivity contribution in [2.24, 2.45) is 0 Å². The van der Waals surface area contributed by atoms with Crippen molar-refractivity contribution in [1.29, 1.82) is 0 Å². The Hall–Kier alpha value is -3.27. The zero-order chi connectivity index (χ0) is 21.6. The molecule has 4 rings (SSSR count). The fourth-order valence-corrected chi connectivity index (χ4v) is 3.85. The molecule has 4 heteroatoms. The van der Waals surface area contributed by atoms with Crippen molar-refractivity contribution >= 4 is 11.0 Å². The summed E-state index contributed by atoms with van der Waals surface area (Å²) in [7, 11) is 0. The molecule has 1 heterocycles. The number of unbranched alkanes of at least 4 members (excludes halogenated alkanes) is 1. The Labute approximate surface area is 184 Å². The molecule has 4 nitrogen and oxygen atoms in total. The largest absolute Gasteiger partial charge is 0.494 e. The van der Waals surface area contributed by atoms with Gasteiger partial charge in [-0.1, -0.05) is 35.9 Å². The molecule has 0 saturated heterocycles. The van der Waals surface area contributed by atoms with Gasteiger partial charge in [-0.2, -0.15) is 0 Å². The number of para-hydroxylation sites is 2. The lowest BCUT2D eigenvalue weighted by Crippen LogP contribution is -2.09. The lowest BCUT2D eigenvalue weighted by atomic mass is 10.1. The second-order valence-electron chi connectivity index (χ2n) is 8.15. The van der Waals surface area contributed by atoms with E-state index in [0.717, 1.165) is 47.7 Å². The van der Waals surface area contributed by atoms with Gasteiger partial charge < -0.3 is 14.0 Å². The fourth-order valence-electron chi connectivity index (χ4n) is 3.85. The molecule has 0 radical (unpaired) electrons. The second kappa shape index (κ2) is 9.69. The highest BCUT2D eigenvalue weighted by molar-refractivity contribution is 5.75. The third-order valence-electron chi connectivity index (χ3n) is 5.36. The summed E-state index contributed by atoms with van der Waals surface area (Å²) in [5.41, 5.74) is 5.86. The Kier molecular flexibility index (Phi) is 6.56. The van der Waals surface area contributed by atoms with E-state index in [0.29, 0.717) is 13.2 Å². The first kappa shape index (κ1) is 21.0. The van der Waals surface area contributed by atoms with E-state index in [2.05, 4.69) is 73.9 Å². The van der Waals surface area contributed by atoms with Gasteiger partial charge in [0.1, 0.15) is 23.9 Å². The molecule has 3 aromatic carbocycles. The molecule has 0 saturated carbocycles. The molecule has 0 aliphatic carbocycles. The normalized spacial score (nSPS) is 11.1. The predicted octanol–water partition coefficient (Wildman–Crippen LogP) is 6.40. The molecular weight excluding hydrogens is 384 g/mol. The van der Waals surface area contributed by atoms with E-state index < -0.39 is 0 Å². The predicted molar refractivity (Wildman–Crippen MR) is 126 cm³/mol. The quantitative estimate of drug-likeness (QED) is 0.297. The van der Waals surface area contributed by atoms with E-state index in [4.69, 9.17) is 14.5 Å². The highest BCUT2D eigenvalue weighted by atomic mass is 16.5. The molecule has 0 amide bonds. The average Bonchev–Trinajstić information content (AvgIpc) is 3.10. The molecule has 31 heavy (non-hydrogen) atoms. The number of imidazole rings is 1. The first-order valence-electron chi connectivity index (χ1n) is 10.9. The van der Waals surface area contributed by atoms with Gasteiger partial charge in [-0.15, -0.1) is 0 Å². The summed E-state index contributed by atoms with van der Waals surface area (Å²) in [6.07, 6.45) is 2.00. The monoisotopic (exact) mass is 414 g/mol. The van der Waals surface area contributed by atoms with Gasteiger partial charge >= 0.3 is 0 Å². The molecule has 160 valence electrons. The third-order valence-corrected chi connectivity index (χ3v) is 5.36. The minimum Gasteiger partial charge on any atom is -0.494 e. The van der Waals surface area contributed by atoms with Crippen molar-refractivity contribution in [1.82, 2.24) is 9.55 Å². The van der Waals surface area contributed by atoms with E-state index in [9.17, 15) is 0 Å². The van der Waals surface area contributed by atoms with Gasteiger partial charge in [0.2, 0.25) is 0 Å². The smallest absolute Gasteiger partial charge is 0.147 e. The Morgan fingerprint density at radius 3 is 2.26 bits per heavy atom. The van der Waals surface area contributed by atoms with Crippen molar-refractivity contribution in [3.05, 3.63) is 89.2 Å². The molecule has 4 aromatic rings. The van der Waals surface area contributed by atoms with Gasteiger partial charge in [-0.25, -0.2) is 4.98 Å². The van der Waals surface area contributed by atoms with Crippen LogP contribution in [0.5, 0.6) is 11.5 Å². The highest BCUT2D eigenvalue weighted by Gasteiger charge is 2.11. The van der Waals surface area contributed by atoms with E-state index >= 15 is 0 Å². The zero-order valence-electron chi connectivity index (χ0n) is 18.6. The summed E-state index contributed by atoms with van der Waals surface area (Å²) in [5.74, 6) is 2.78. The van der Waals surface area contributed by atoms with Crippen LogP contribution in [-0.2, 0) is 13.2 Å². The molecule has 0 N–H and O–H groups in total. The first-order valence-corrected chi connectivity index (χ1v) is 10.9. The Morgan fingerprint density at radius 1 is 0.742 bits per heavy atom. The van der Waals surface area contributed by atoms with Gasteiger partial charge in [-0.05, 0) is 81.1 Å². The summed E-state index contributed by atoms with van der Waals surface area (Å²) < 4.78 is 14.3. The van der Waals surface area contributed by atoms with Crippen LogP contribution in [0.1, 0.15) is 35.4 Å². The van der Waals surface area contributed by atoms with Crippen LogP contribution in [0.3, 0.4) is 0 Å². The van der Waals surface area contributed by atoms with E-state index in [1.54, 1.807) is 0 Å². The Morgan fingerprint density at radius 2 is 1.48 bits per heavy atom. The average molecular weight is 415 g/mol. The molecule has 0 atom stereocenters.